The van der Waals surface area contributed by atoms with Gasteiger partial charge in [0.05, 0.1) is 0 Å². The van der Waals surface area contributed by atoms with Gasteiger partial charge in [-0.25, -0.2) is 0 Å². The summed E-state index contributed by atoms with van der Waals surface area (Å²) in [5.74, 6) is 3.73. The maximum Gasteiger partial charge on any atom is -0.00204 e. The lowest BCUT2D eigenvalue weighted by Crippen LogP contribution is -2.34. The molecule has 2 atom stereocenters. The van der Waals surface area contributed by atoms with Gasteiger partial charge < -0.3 is 21.3 Å². The van der Waals surface area contributed by atoms with Gasteiger partial charge in [0.2, 0.25) is 0 Å². The number of hydrogen-bond donors (Lipinski definition) is 4. The van der Waals surface area contributed by atoms with E-state index in [0.29, 0.717) is 0 Å². The first-order valence-electron chi connectivity index (χ1n) is 14.7. The van der Waals surface area contributed by atoms with Gasteiger partial charge in [0, 0.05) is 0 Å². The van der Waals surface area contributed by atoms with Gasteiger partial charge in [-0.2, -0.15) is 0 Å². The Bertz CT molecular complexity index is 411. The largest absolute Gasteiger partial charge is 0.316 e. The van der Waals surface area contributed by atoms with Crippen LogP contribution in [0.3, 0.4) is 0 Å². The first-order valence-corrected chi connectivity index (χ1v) is 14.7. The summed E-state index contributed by atoms with van der Waals surface area (Å²) in [6.45, 7) is 9.75. The first kappa shape index (κ1) is 39.9. The number of halogens is 4. The van der Waals surface area contributed by atoms with Crippen LogP contribution in [0.5, 0.6) is 0 Å². The molecule has 0 aliphatic heterocycles. The molecule has 0 bridgehead atoms. The van der Waals surface area contributed by atoms with Crippen LogP contribution >= 0.6 is 67.9 Å². The Morgan fingerprint density at radius 3 is 1.03 bits per heavy atom. The van der Waals surface area contributed by atoms with E-state index in [1.165, 1.54) is 155 Å². The highest BCUT2D eigenvalue weighted by Gasteiger charge is 2.21. The van der Waals surface area contributed by atoms with Crippen molar-refractivity contribution in [1.82, 2.24) is 21.3 Å². The Morgan fingerprint density at radius 1 is 0.361 bits per heavy atom. The predicted octanol–water partition coefficient (Wildman–Crippen LogP) is 7.40. The van der Waals surface area contributed by atoms with Gasteiger partial charge in [0.15, 0.2) is 0 Å². The summed E-state index contributed by atoms with van der Waals surface area (Å²) in [4.78, 5) is 0. The quantitative estimate of drug-likeness (QED) is 0.124. The second kappa shape index (κ2) is 27.0. The molecule has 8 heteroatoms. The highest BCUT2D eigenvalue weighted by atomic mass is 79.9. The number of nitrogens with one attached hydrogen (secondary N) is 4. The van der Waals surface area contributed by atoms with E-state index in [2.05, 4.69) is 21.3 Å². The molecule has 3 fully saturated rings. The van der Waals surface area contributed by atoms with Crippen molar-refractivity contribution in [2.24, 2.45) is 23.7 Å². The SMILES string of the molecule is Br.Br.Br.Br.C1CCC(CNCCCNCC2CCCC(CNCCCNCC3CCCCC3)C2)CC1. The zero-order valence-electron chi connectivity index (χ0n) is 22.9. The van der Waals surface area contributed by atoms with E-state index in [0.717, 1.165) is 23.7 Å². The van der Waals surface area contributed by atoms with E-state index in [1.807, 2.05) is 0 Å². The minimum absolute atomic E-state index is 0. The van der Waals surface area contributed by atoms with Gasteiger partial charge in [0.25, 0.3) is 0 Å². The van der Waals surface area contributed by atoms with Gasteiger partial charge in [0.1, 0.15) is 0 Å². The summed E-state index contributed by atoms with van der Waals surface area (Å²) in [6.07, 6.45) is 22.9. The van der Waals surface area contributed by atoms with E-state index >= 15 is 0 Å². The van der Waals surface area contributed by atoms with Crippen LogP contribution in [0.4, 0.5) is 0 Å². The molecular formula is C28H60Br4N4. The van der Waals surface area contributed by atoms with Crippen LogP contribution in [0.1, 0.15) is 103 Å². The lowest BCUT2D eigenvalue weighted by Gasteiger charge is -2.29. The van der Waals surface area contributed by atoms with Crippen LogP contribution in [0.25, 0.3) is 0 Å². The average molecular weight is 772 g/mol. The van der Waals surface area contributed by atoms with Crippen LogP contribution in [-0.2, 0) is 0 Å². The van der Waals surface area contributed by atoms with E-state index in [4.69, 9.17) is 0 Å². The average Bonchev–Trinajstić information content (AvgIpc) is 2.84. The normalized spacial score (nSPS) is 23.0. The molecule has 0 aromatic heterocycles. The smallest absolute Gasteiger partial charge is 0.00204 e. The van der Waals surface area contributed by atoms with Crippen molar-refractivity contribution < 1.29 is 0 Å². The van der Waals surface area contributed by atoms with Crippen LogP contribution in [0, 0.1) is 23.7 Å². The first-order chi connectivity index (χ1) is 15.9. The number of rotatable bonds is 16. The highest BCUT2D eigenvalue weighted by Crippen LogP contribution is 2.28. The van der Waals surface area contributed by atoms with Crippen molar-refractivity contribution in [2.75, 3.05) is 52.4 Å². The van der Waals surface area contributed by atoms with Gasteiger partial charge in [-0.15, -0.1) is 67.9 Å². The lowest BCUT2D eigenvalue weighted by molar-refractivity contribution is 0.252. The monoisotopic (exact) mass is 768 g/mol. The molecule has 3 saturated carbocycles. The van der Waals surface area contributed by atoms with Crippen LogP contribution in [-0.4, -0.2) is 52.4 Å². The van der Waals surface area contributed by atoms with E-state index in [-0.39, 0.29) is 67.9 Å². The van der Waals surface area contributed by atoms with Gasteiger partial charge in [-0.05, 0) is 134 Å². The highest BCUT2D eigenvalue weighted by molar-refractivity contribution is 8.93. The molecule has 0 aromatic carbocycles. The molecular weight excluding hydrogens is 712 g/mol. The number of hydrogen-bond acceptors (Lipinski definition) is 4. The van der Waals surface area contributed by atoms with Crippen molar-refractivity contribution in [2.45, 2.75) is 103 Å². The maximum atomic E-state index is 3.76. The van der Waals surface area contributed by atoms with Crippen molar-refractivity contribution in [1.29, 1.82) is 0 Å². The Hall–Kier alpha value is 1.76. The third kappa shape index (κ3) is 18.9. The summed E-state index contributed by atoms with van der Waals surface area (Å²) in [5, 5.41) is 14.9. The predicted molar refractivity (Wildman–Crippen MR) is 181 cm³/mol. The van der Waals surface area contributed by atoms with E-state index in [1.54, 1.807) is 0 Å². The molecule has 3 aliphatic rings. The molecule has 4 N–H and O–H groups in total. The molecule has 3 aliphatic carbocycles. The van der Waals surface area contributed by atoms with Gasteiger partial charge in [-0.1, -0.05) is 44.9 Å². The molecule has 0 heterocycles. The van der Waals surface area contributed by atoms with E-state index < -0.39 is 0 Å². The van der Waals surface area contributed by atoms with Gasteiger partial charge in [-0.3, -0.25) is 0 Å². The Morgan fingerprint density at radius 2 is 0.667 bits per heavy atom. The molecule has 0 aromatic rings. The van der Waals surface area contributed by atoms with Crippen LogP contribution in [0.2, 0.25) is 0 Å². The third-order valence-electron chi connectivity index (χ3n) is 8.49. The van der Waals surface area contributed by atoms with Crippen LogP contribution in [0.15, 0.2) is 0 Å². The molecule has 2 unspecified atom stereocenters. The second-order valence-electron chi connectivity index (χ2n) is 11.4. The molecule has 36 heavy (non-hydrogen) atoms. The third-order valence-corrected chi connectivity index (χ3v) is 8.49. The molecule has 4 nitrogen and oxygen atoms in total. The zero-order chi connectivity index (χ0) is 22.1. The fraction of sp³-hybridized carbons (Fsp3) is 1.00. The second-order valence-corrected chi connectivity index (χ2v) is 11.4. The zero-order valence-corrected chi connectivity index (χ0v) is 29.8. The van der Waals surface area contributed by atoms with Crippen molar-refractivity contribution in [3.8, 4) is 0 Å². The van der Waals surface area contributed by atoms with Crippen molar-refractivity contribution >= 4 is 67.9 Å². The summed E-state index contributed by atoms with van der Waals surface area (Å²) in [6, 6.07) is 0. The topological polar surface area (TPSA) is 48.1 Å². The van der Waals surface area contributed by atoms with Crippen LogP contribution < -0.4 is 21.3 Å². The maximum absolute atomic E-state index is 3.76. The fourth-order valence-corrected chi connectivity index (χ4v) is 6.46. The minimum Gasteiger partial charge on any atom is -0.316 e. The molecule has 0 spiro atoms. The van der Waals surface area contributed by atoms with Crippen molar-refractivity contribution in [3.05, 3.63) is 0 Å². The minimum atomic E-state index is 0. The fourth-order valence-electron chi connectivity index (χ4n) is 6.46. The molecule has 0 radical (unpaired) electrons. The van der Waals surface area contributed by atoms with E-state index in [9.17, 15) is 0 Å². The summed E-state index contributed by atoms with van der Waals surface area (Å²) in [5.41, 5.74) is 0. The molecule has 0 amide bonds. The molecule has 3 rings (SSSR count). The lowest BCUT2D eigenvalue weighted by atomic mass is 9.81. The van der Waals surface area contributed by atoms with Gasteiger partial charge >= 0.3 is 0 Å². The summed E-state index contributed by atoms with van der Waals surface area (Å²) >= 11 is 0. The summed E-state index contributed by atoms with van der Waals surface area (Å²) < 4.78 is 0. The Kier molecular flexibility index (Phi) is 29.9. The molecule has 0 saturated heterocycles. The summed E-state index contributed by atoms with van der Waals surface area (Å²) in [7, 11) is 0. The van der Waals surface area contributed by atoms with Crippen molar-refractivity contribution in [3.63, 3.8) is 0 Å². The Balaban J connectivity index is 0. The Labute approximate surface area is 266 Å². The molecule has 220 valence electrons. The standard InChI is InChI=1S/C28H56N4.4BrH/c1-3-10-25(11-4-1)21-29-16-8-18-31-23-27-14-7-15-28(20-27)24-32-19-9-17-30-22-26-12-5-2-6-13-26;;;;/h25-32H,1-24H2;4*1H.